The van der Waals surface area contributed by atoms with E-state index in [0.717, 1.165) is 37.1 Å². The molecule has 2 aliphatic heterocycles. The topological polar surface area (TPSA) is 92.7 Å². The highest BCUT2D eigenvalue weighted by Crippen LogP contribution is 2.42. The molecule has 1 saturated heterocycles. The van der Waals surface area contributed by atoms with Gasteiger partial charge in [0.2, 0.25) is 15.9 Å². The summed E-state index contributed by atoms with van der Waals surface area (Å²) >= 11 is 0. The Morgan fingerprint density at radius 2 is 2.00 bits per heavy atom. The van der Waals surface area contributed by atoms with Crippen LogP contribution in [0.5, 0.6) is 5.88 Å². The summed E-state index contributed by atoms with van der Waals surface area (Å²) in [5.41, 5.74) is 1.16. The minimum atomic E-state index is -3.57. The predicted molar refractivity (Wildman–Crippen MR) is 112 cm³/mol. The predicted octanol–water partition coefficient (Wildman–Crippen LogP) is 2.08. The van der Waals surface area contributed by atoms with Gasteiger partial charge in [-0.2, -0.15) is 4.31 Å². The van der Waals surface area contributed by atoms with Crippen LogP contribution in [0.3, 0.4) is 0 Å². The second-order valence-electron chi connectivity index (χ2n) is 7.60. The maximum absolute atomic E-state index is 13.0. The number of aldehydes is 1. The summed E-state index contributed by atoms with van der Waals surface area (Å²) in [6.07, 6.45) is 5.57. The molecule has 4 heterocycles. The zero-order valence-corrected chi connectivity index (χ0v) is 17.8. The van der Waals surface area contributed by atoms with E-state index in [-0.39, 0.29) is 10.8 Å². The molecule has 0 aromatic carbocycles. The zero-order chi connectivity index (χ0) is 21.1. The van der Waals surface area contributed by atoms with Crippen LogP contribution >= 0.6 is 0 Å². The van der Waals surface area contributed by atoms with Crippen LogP contribution in [0.25, 0.3) is 0 Å². The number of pyridine rings is 2. The van der Waals surface area contributed by atoms with E-state index in [4.69, 9.17) is 4.74 Å². The van der Waals surface area contributed by atoms with Crippen molar-refractivity contribution >= 4 is 22.1 Å². The summed E-state index contributed by atoms with van der Waals surface area (Å²) in [6, 6.07) is 7.14. The summed E-state index contributed by atoms with van der Waals surface area (Å²) in [7, 11) is -3.57. The van der Waals surface area contributed by atoms with Crippen LogP contribution in [-0.2, 0) is 14.8 Å². The summed E-state index contributed by atoms with van der Waals surface area (Å²) < 4.78 is 32.9. The van der Waals surface area contributed by atoms with Gasteiger partial charge >= 0.3 is 0 Å². The first-order valence-corrected chi connectivity index (χ1v) is 11.7. The minimum absolute atomic E-state index is 0.192. The number of nitrogens with zero attached hydrogens (tertiary/aromatic N) is 4. The number of fused-ring (bicyclic) bond motifs is 1. The average molecular weight is 431 g/mol. The van der Waals surface area contributed by atoms with Crippen LogP contribution in [0.15, 0.2) is 41.6 Å². The number of piperidine rings is 1. The normalized spacial score (nSPS) is 20.2. The molecule has 0 saturated carbocycles. The van der Waals surface area contributed by atoms with Gasteiger partial charge in [-0.3, -0.25) is 0 Å². The molecule has 0 bridgehead atoms. The number of carbonyl (C=O) groups excluding carboxylic acids is 1. The van der Waals surface area contributed by atoms with E-state index >= 15 is 0 Å². The Kier molecular flexibility index (Phi) is 6.01. The van der Waals surface area contributed by atoms with Gasteiger partial charge in [-0.25, -0.2) is 18.4 Å². The third-order valence-corrected chi connectivity index (χ3v) is 7.82. The number of hydrogen-bond acceptors (Lipinski definition) is 7. The molecule has 0 N–H and O–H groups in total. The first-order valence-electron chi connectivity index (χ1n) is 10.3. The lowest BCUT2D eigenvalue weighted by Gasteiger charge is -2.34. The van der Waals surface area contributed by atoms with Crippen LogP contribution in [0.1, 0.15) is 31.2 Å². The number of anilines is 1. The van der Waals surface area contributed by atoms with E-state index in [1.54, 1.807) is 22.6 Å². The van der Waals surface area contributed by atoms with E-state index < -0.39 is 10.0 Å². The zero-order valence-electron chi connectivity index (χ0n) is 17.0. The lowest BCUT2D eigenvalue weighted by atomic mass is 9.82. The fourth-order valence-electron chi connectivity index (χ4n) is 4.46. The molecule has 8 nitrogen and oxygen atoms in total. The molecule has 1 unspecified atom stereocenters. The monoisotopic (exact) mass is 430 g/mol. The minimum Gasteiger partial charge on any atom is -0.478 e. The second-order valence-corrected chi connectivity index (χ2v) is 9.54. The second kappa shape index (κ2) is 8.69. The molecule has 0 amide bonds. The van der Waals surface area contributed by atoms with Crippen molar-refractivity contribution in [2.45, 2.75) is 30.6 Å². The van der Waals surface area contributed by atoms with Gasteiger partial charge in [0.25, 0.3) is 0 Å². The molecule has 30 heavy (non-hydrogen) atoms. The van der Waals surface area contributed by atoms with Crippen LogP contribution in [0, 0.1) is 5.92 Å². The van der Waals surface area contributed by atoms with Crippen molar-refractivity contribution in [3.8, 4) is 5.88 Å². The molecule has 0 radical (unpaired) electrons. The molecule has 160 valence electrons. The Balaban J connectivity index is 1.44. The lowest BCUT2D eigenvalue weighted by Crippen LogP contribution is -2.40. The Morgan fingerprint density at radius 3 is 2.67 bits per heavy atom. The molecule has 0 spiro atoms. The first-order chi connectivity index (χ1) is 14.5. The maximum Gasteiger partial charge on any atom is 0.244 e. The van der Waals surface area contributed by atoms with Gasteiger partial charge in [0.05, 0.1) is 19.3 Å². The van der Waals surface area contributed by atoms with Crippen LogP contribution in [0.4, 0.5) is 5.82 Å². The number of sulfonamides is 1. The van der Waals surface area contributed by atoms with Gasteiger partial charge in [-0.05, 0) is 43.4 Å². The van der Waals surface area contributed by atoms with E-state index in [2.05, 4.69) is 16.0 Å². The quantitative estimate of drug-likeness (QED) is 0.621. The van der Waals surface area contributed by atoms with Gasteiger partial charge < -0.3 is 14.4 Å². The van der Waals surface area contributed by atoms with Crippen LogP contribution < -0.4 is 9.64 Å². The number of rotatable bonds is 7. The van der Waals surface area contributed by atoms with Gasteiger partial charge in [0, 0.05) is 37.8 Å². The SMILES string of the molecule is CCOc1ccc(S(=O)(=O)N2CCC(C3CN(CC=O)c4ncccc43)CC2)cn1. The first kappa shape index (κ1) is 20.7. The van der Waals surface area contributed by atoms with Crippen molar-refractivity contribution in [2.75, 3.05) is 37.7 Å². The molecule has 1 atom stereocenters. The van der Waals surface area contributed by atoms with Crippen molar-refractivity contribution in [1.82, 2.24) is 14.3 Å². The maximum atomic E-state index is 13.0. The fourth-order valence-corrected chi connectivity index (χ4v) is 5.88. The highest BCUT2D eigenvalue weighted by atomic mass is 32.2. The summed E-state index contributed by atoms with van der Waals surface area (Å²) in [5.74, 6) is 1.92. The molecule has 2 aromatic rings. The number of hydrogen-bond donors (Lipinski definition) is 0. The van der Waals surface area contributed by atoms with Gasteiger partial charge in [0.15, 0.2) is 0 Å². The smallest absolute Gasteiger partial charge is 0.244 e. The standard InChI is InChI=1S/C21H26N4O4S/c1-2-29-20-6-5-17(14-23-20)30(27,28)25-10-7-16(8-11-25)19-15-24(12-13-26)21-18(19)4-3-9-22-21/h3-6,9,13-14,16,19H,2,7-8,10-12,15H2,1H3. The summed E-state index contributed by atoms with van der Waals surface area (Å²) in [5, 5.41) is 0. The number of ether oxygens (including phenoxy) is 1. The van der Waals surface area contributed by atoms with Gasteiger partial charge in [0.1, 0.15) is 17.0 Å². The molecule has 9 heteroatoms. The van der Waals surface area contributed by atoms with Crippen molar-refractivity contribution in [1.29, 1.82) is 0 Å². The van der Waals surface area contributed by atoms with Crippen molar-refractivity contribution in [2.24, 2.45) is 5.92 Å². The van der Waals surface area contributed by atoms with E-state index in [1.807, 2.05) is 17.9 Å². The lowest BCUT2D eigenvalue weighted by molar-refractivity contribution is -0.106. The highest BCUT2D eigenvalue weighted by molar-refractivity contribution is 7.89. The van der Waals surface area contributed by atoms with Crippen molar-refractivity contribution in [3.63, 3.8) is 0 Å². The number of carbonyl (C=O) groups is 1. The highest BCUT2D eigenvalue weighted by Gasteiger charge is 2.38. The average Bonchev–Trinajstić information content (AvgIpc) is 3.13. The molecular weight excluding hydrogens is 404 g/mol. The van der Waals surface area contributed by atoms with Crippen molar-refractivity contribution in [3.05, 3.63) is 42.2 Å². The Hall–Kier alpha value is -2.52. The third kappa shape index (κ3) is 3.91. The molecule has 2 aliphatic rings. The third-order valence-electron chi connectivity index (χ3n) is 5.93. The summed E-state index contributed by atoms with van der Waals surface area (Å²) in [6.45, 7) is 4.37. The number of aromatic nitrogens is 2. The molecule has 1 fully saturated rings. The summed E-state index contributed by atoms with van der Waals surface area (Å²) in [4.78, 5) is 21.8. The van der Waals surface area contributed by atoms with Gasteiger partial charge in [-0.15, -0.1) is 0 Å². The van der Waals surface area contributed by atoms with Crippen LogP contribution in [0.2, 0.25) is 0 Å². The van der Waals surface area contributed by atoms with Crippen molar-refractivity contribution < 1.29 is 17.9 Å². The van der Waals surface area contributed by atoms with Crippen LogP contribution in [-0.4, -0.2) is 61.8 Å². The van der Waals surface area contributed by atoms with Gasteiger partial charge in [-0.1, -0.05) is 6.07 Å². The Morgan fingerprint density at radius 1 is 1.20 bits per heavy atom. The van der Waals surface area contributed by atoms with E-state index in [0.29, 0.717) is 38.0 Å². The largest absolute Gasteiger partial charge is 0.478 e. The Labute approximate surface area is 176 Å². The molecule has 4 rings (SSSR count). The molecule has 0 aliphatic carbocycles. The van der Waals surface area contributed by atoms with E-state index in [9.17, 15) is 13.2 Å². The fraction of sp³-hybridized carbons (Fsp3) is 0.476. The molecule has 2 aromatic heterocycles. The Bertz CT molecular complexity index is 988. The van der Waals surface area contributed by atoms with E-state index in [1.165, 1.54) is 6.20 Å². The molecular formula is C21H26N4O4S.